The van der Waals surface area contributed by atoms with Crippen LogP contribution in [0.3, 0.4) is 0 Å². The quantitative estimate of drug-likeness (QED) is 0.658. The van der Waals surface area contributed by atoms with Gasteiger partial charge in [0.2, 0.25) is 0 Å². The summed E-state index contributed by atoms with van der Waals surface area (Å²) in [6.07, 6.45) is 4.61. The number of unbranched alkanes of at least 4 members (excludes halogenated alkanes) is 2. The van der Waals surface area contributed by atoms with Crippen LogP contribution in [0.4, 0.5) is 0 Å². The van der Waals surface area contributed by atoms with Crippen LogP contribution in [-0.2, 0) is 6.42 Å². The molecule has 2 aromatic rings. The van der Waals surface area contributed by atoms with E-state index < -0.39 is 0 Å². The van der Waals surface area contributed by atoms with E-state index in [1.54, 1.807) is 0 Å². The number of fused-ring (bicyclic) bond motifs is 1. The Morgan fingerprint density at radius 3 is 2.78 bits per heavy atom. The molecule has 94 valence electrons. The summed E-state index contributed by atoms with van der Waals surface area (Å²) in [6, 6.07) is 10.1. The summed E-state index contributed by atoms with van der Waals surface area (Å²) in [6.45, 7) is 2.20. The number of para-hydroxylation sites is 1. The van der Waals surface area contributed by atoms with Gasteiger partial charge in [-0.25, -0.2) is 0 Å². The van der Waals surface area contributed by atoms with Crippen molar-refractivity contribution in [2.24, 2.45) is 5.73 Å². The third-order valence-corrected chi connectivity index (χ3v) is 3.29. The SMILES string of the molecule is CCCCCc1cc(C(N)=S)c2ccccc2n1. The Morgan fingerprint density at radius 1 is 1.28 bits per heavy atom. The van der Waals surface area contributed by atoms with Gasteiger partial charge in [0.1, 0.15) is 4.99 Å². The number of benzene rings is 1. The lowest BCUT2D eigenvalue weighted by atomic mass is 10.0. The zero-order valence-corrected chi connectivity index (χ0v) is 11.5. The molecule has 0 atom stereocenters. The number of pyridine rings is 1. The summed E-state index contributed by atoms with van der Waals surface area (Å²) in [7, 11) is 0. The van der Waals surface area contributed by atoms with E-state index in [9.17, 15) is 0 Å². The number of rotatable bonds is 5. The van der Waals surface area contributed by atoms with Crippen LogP contribution >= 0.6 is 12.2 Å². The Bertz CT molecular complexity index is 563. The van der Waals surface area contributed by atoms with Crippen LogP contribution in [-0.4, -0.2) is 9.97 Å². The highest BCUT2D eigenvalue weighted by Crippen LogP contribution is 2.19. The first-order chi connectivity index (χ1) is 8.72. The average molecular weight is 258 g/mol. The van der Waals surface area contributed by atoms with E-state index >= 15 is 0 Å². The van der Waals surface area contributed by atoms with Crippen molar-refractivity contribution in [3.63, 3.8) is 0 Å². The first kappa shape index (κ1) is 13.0. The maximum absolute atomic E-state index is 5.81. The fourth-order valence-electron chi connectivity index (χ4n) is 2.12. The molecule has 0 saturated carbocycles. The molecule has 18 heavy (non-hydrogen) atoms. The van der Waals surface area contributed by atoms with Crippen LogP contribution in [0, 0.1) is 0 Å². The molecule has 1 aromatic heterocycles. The predicted octanol–water partition coefficient (Wildman–Crippen LogP) is 3.60. The minimum absolute atomic E-state index is 0.449. The molecule has 0 radical (unpaired) electrons. The molecule has 0 bridgehead atoms. The Hall–Kier alpha value is -1.48. The van der Waals surface area contributed by atoms with E-state index in [-0.39, 0.29) is 0 Å². The highest BCUT2D eigenvalue weighted by Gasteiger charge is 2.07. The van der Waals surface area contributed by atoms with Gasteiger partial charge in [0.05, 0.1) is 5.52 Å². The van der Waals surface area contributed by atoms with Gasteiger partial charge in [0.25, 0.3) is 0 Å². The number of aromatic nitrogens is 1. The topological polar surface area (TPSA) is 38.9 Å². The van der Waals surface area contributed by atoms with Gasteiger partial charge < -0.3 is 5.73 Å². The van der Waals surface area contributed by atoms with Crippen LogP contribution < -0.4 is 5.73 Å². The fourth-order valence-corrected chi connectivity index (χ4v) is 2.29. The molecule has 0 aliphatic rings. The Morgan fingerprint density at radius 2 is 2.06 bits per heavy atom. The van der Waals surface area contributed by atoms with E-state index in [2.05, 4.69) is 11.9 Å². The van der Waals surface area contributed by atoms with Crippen LogP contribution in [0.5, 0.6) is 0 Å². The Kier molecular flexibility index (Phi) is 4.26. The van der Waals surface area contributed by atoms with Crippen molar-refractivity contribution in [3.05, 3.63) is 41.6 Å². The van der Waals surface area contributed by atoms with E-state index in [4.69, 9.17) is 18.0 Å². The lowest BCUT2D eigenvalue weighted by molar-refractivity contribution is 0.709. The molecule has 0 amide bonds. The van der Waals surface area contributed by atoms with Crippen LogP contribution in [0.1, 0.15) is 37.4 Å². The highest BCUT2D eigenvalue weighted by atomic mass is 32.1. The lowest BCUT2D eigenvalue weighted by Crippen LogP contribution is -2.11. The van der Waals surface area contributed by atoms with Crippen LogP contribution in [0.25, 0.3) is 10.9 Å². The summed E-state index contributed by atoms with van der Waals surface area (Å²) >= 11 is 5.13. The molecule has 0 spiro atoms. The van der Waals surface area contributed by atoms with Crippen LogP contribution in [0.15, 0.2) is 30.3 Å². The molecular formula is C15H18N2S. The van der Waals surface area contributed by atoms with Crippen molar-refractivity contribution in [1.29, 1.82) is 0 Å². The van der Waals surface area contributed by atoms with Gasteiger partial charge in [-0.3, -0.25) is 4.98 Å². The van der Waals surface area contributed by atoms with Gasteiger partial charge in [0, 0.05) is 16.6 Å². The number of hydrogen-bond acceptors (Lipinski definition) is 2. The first-order valence-corrected chi connectivity index (χ1v) is 6.81. The van der Waals surface area contributed by atoms with Gasteiger partial charge in [0.15, 0.2) is 0 Å². The lowest BCUT2D eigenvalue weighted by Gasteiger charge is -2.08. The number of aryl methyl sites for hydroxylation is 1. The maximum Gasteiger partial charge on any atom is 0.104 e. The third-order valence-electron chi connectivity index (χ3n) is 3.07. The normalized spacial score (nSPS) is 10.7. The van der Waals surface area contributed by atoms with E-state index in [0.29, 0.717) is 4.99 Å². The van der Waals surface area contributed by atoms with Gasteiger partial charge >= 0.3 is 0 Å². The molecule has 3 heteroatoms. The van der Waals surface area contributed by atoms with Crippen molar-refractivity contribution < 1.29 is 0 Å². The van der Waals surface area contributed by atoms with Gasteiger partial charge in [-0.05, 0) is 25.0 Å². The van der Waals surface area contributed by atoms with Crippen molar-refractivity contribution in [1.82, 2.24) is 4.98 Å². The smallest absolute Gasteiger partial charge is 0.104 e. The second-order valence-corrected chi connectivity index (χ2v) is 4.94. The molecule has 1 heterocycles. The van der Waals surface area contributed by atoms with Crippen molar-refractivity contribution in [3.8, 4) is 0 Å². The number of thiocarbonyl (C=S) groups is 1. The van der Waals surface area contributed by atoms with E-state index in [1.165, 1.54) is 19.3 Å². The second kappa shape index (κ2) is 5.91. The number of nitrogens with two attached hydrogens (primary N) is 1. The highest BCUT2D eigenvalue weighted by molar-refractivity contribution is 7.80. The van der Waals surface area contributed by atoms with E-state index in [1.807, 2.05) is 30.3 Å². The fraction of sp³-hybridized carbons (Fsp3) is 0.333. The van der Waals surface area contributed by atoms with Gasteiger partial charge in [-0.15, -0.1) is 0 Å². The minimum Gasteiger partial charge on any atom is -0.389 e. The summed E-state index contributed by atoms with van der Waals surface area (Å²) in [5.74, 6) is 0. The summed E-state index contributed by atoms with van der Waals surface area (Å²) in [4.78, 5) is 5.12. The number of hydrogen-bond donors (Lipinski definition) is 1. The Balaban J connectivity index is 2.41. The van der Waals surface area contributed by atoms with E-state index in [0.717, 1.165) is 28.6 Å². The molecule has 2 N–H and O–H groups in total. The standard InChI is InChI=1S/C15H18N2S/c1-2-3-4-7-11-10-13(15(16)18)12-8-5-6-9-14(12)17-11/h5-6,8-10H,2-4,7H2,1H3,(H2,16,18). The van der Waals surface area contributed by atoms with Crippen molar-refractivity contribution >= 4 is 28.1 Å². The zero-order chi connectivity index (χ0) is 13.0. The number of nitrogens with zero attached hydrogens (tertiary/aromatic N) is 1. The second-order valence-electron chi connectivity index (χ2n) is 4.50. The molecule has 0 aliphatic heterocycles. The maximum atomic E-state index is 5.81. The molecule has 0 aliphatic carbocycles. The molecule has 0 fully saturated rings. The monoisotopic (exact) mass is 258 g/mol. The van der Waals surface area contributed by atoms with Crippen molar-refractivity contribution in [2.45, 2.75) is 32.6 Å². The molecule has 1 aromatic carbocycles. The summed E-state index contributed by atoms with van der Waals surface area (Å²) < 4.78 is 0. The first-order valence-electron chi connectivity index (χ1n) is 6.41. The summed E-state index contributed by atoms with van der Waals surface area (Å²) in [5.41, 5.74) is 8.82. The van der Waals surface area contributed by atoms with Gasteiger partial charge in [-0.1, -0.05) is 50.2 Å². The van der Waals surface area contributed by atoms with Crippen LogP contribution in [0.2, 0.25) is 0 Å². The minimum atomic E-state index is 0.449. The van der Waals surface area contributed by atoms with Crippen molar-refractivity contribution in [2.75, 3.05) is 0 Å². The largest absolute Gasteiger partial charge is 0.389 e. The third kappa shape index (κ3) is 2.85. The zero-order valence-electron chi connectivity index (χ0n) is 10.6. The average Bonchev–Trinajstić information content (AvgIpc) is 2.38. The molecule has 2 rings (SSSR count). The predicted molar refractivity (Wildman–Crippen MR) is 80.9 cm³/mol. The molecule has 0 saturated heterocycles. The molecule has 2 nitrogen and oxygen atoms in total. The molecular weight excluding hydrogens is 240 g/mol. The summed E-state index contributed by atoms with van der Waals surface area (Å²) in [5, 5.41) is 1.05. The molecule has 0 unspecified atom stereocenters. The van der Waals surface area contributed by atoms with Gasteiger partial charge in [-0.2, -0.15) is 0 Å². The Labute approximate surface area is 113 Å².